The number of likely N-dealkylation sites (tertiary alicyclic amines) is 1. The highest BCUT2D eigenvalue weighted by molar-refractivity contribution is 5.84. The highest BCUT2D eigenvalue weighted by Crippen LogP contribution is 2.77. The molecule has 6 fully saturated rings. The number of amides is 2. The first-order valence-electron chi connectivity index (χ1n) is 21.3. The molecule has 8 heteroatoms. The second kappa shape index (κ2) is 14.6. The maximum atomic E-state index is 14.4. The molecular weight excluding hydrogens is 652 g/mol. The molecule has 1 unspecified atom stereocenters. The number of nitrogens with zero attached hydrogens (tertiary/aromatic N) is 1. The number of aliphatic carboxylic acids is 1. The number of rotatable bonds is 11. The van der Waals surface area contributed by atoms with Crippen LogP contribution in [0, 0.1) is 56.7 Å². The fraction of sp³-hybridized carbons (Fsp3) is 0.886. The van der Waals surface area contributed by atoms with Crippen molar-refractivity contribution >= 4 is 17.8 Å². The SMILES string of the molecule is C=C(C)[C@@H]1CC[C@]2(C(=O)NCCCCCCCC(=O)N3C[C@H](O)CC[C@H]3C(=O)O)CC[C@]3(C)[C@H](CCC4[C@@]5(C)CC[C@H](O)C(C)(C)[C@@H]5CC[C@]43C)[C@@H]12. The normalized spacial score (nSPS) is 43.7. The van der Waals surface area contributed by atoms with Crippen molar-refractivity contribution in [3.8, 4) is 0 Å². The Kier molecular flexibility index (Phi) is 11.2. The monoisotopic (exact) mass is 725 g/mol. The molecule has 294 valence electrons. The van der Waals surface area contributed by atoms with E-state index in [0.717, 1.165) is 64.2 Å². The first-order chi connectivity index (χ1) is 24.4. The van der Waals surface area contributed by atoms with E-state index in [9.17, 15) is 29.7 Å². The lowest BCUT2D eigenvalue weighted by Gasteiger charge is -2.72. The Morgan fingerprint density at radius 2 is 1.48 bits per heavy atom. The number of carboxylic acids is 1. The second-order valence-electron chi connectivity index (χ2n) is 20.1. The Morgan fingerprint density at radius 1 is 0.769 bits per heavy atom. The summed E-state index contributed by atoms with van der Waals surface area (Å²) >= 11 is 0. The van der Waals surface area contributed by atoms with Crippen molar-refractivity contribution in [1.82, 2.24) is 10.2 Å². The summed E-state index contributed by atoms with van der Waals surface area (Å²) in [7, 11) is 0. The molecule has 0 bridgehead atoms. The van der Waals surface area contributed by atoms with Crippen molar-refractivity contribution in [3.05, 3.63) is 12.2 Å². The zero-order valence-corrected chi connectivity index (χ0v) is 33.5. The summed E-state index contributed by atoms with van der Waals surface area (Å²) in [6.07, 6.45) is 15.6. The highest BCUT2D eigenvalue weighted by Gasteiger charge is 2.71. The van der Waals surface area contributed by atoms with Crippen LogP contribution in [0.3, 0.4) is 0 Å². The average molecular weight is 725 g/mol. The fourth-order valence-corrected chi connectivity index (χ4v) is 14.5. The first-order valence-corrected chi connectivity index (χ1v) is 21.3. The molecule has 1 saturated heterocycles. The van der Waals surface area contributed by atoms with E-state index >= 15 is 0 Å². The van der Waals surface area contributed by atoms with Crippen LogP contribution in [0.4, 0.5) is 0 Å². The standard InChI is InChI=1S/C44H72N2O6/c1-28(2)30-18-23-44(39(52)45-26-12-10-8-9-11-13-36(49)46-27-29(47)14-16-32(46)38(50)51)25-24-42(6)31(37(30)44)15-17-34-41(5)21-20-35(48)40(3,4)33(41)19-22-43(34,42)7/h29-35,37,47-48H,1,8-27H2,2-7H3,(H,45,52)(H,50,51)/t29-,30+,31-,32+,33+,34?,35+,37-,41+,42-,43-,44+/m1/s1. The smallest absolute Gasteiger partial charge is 0.326 e. The fourth-order valence-electron chi connectivity index (χ4n) is 14.5. The molecule has 52 heavy (non-hydrogen) atoms. The molecule has 0 aromatic rings. The Balaban J connectivity index is 1.05. The summed E-state index contributed by atoms with van der Waals surface area (Å²) in [5.41, 5.74) is 1.54. The summed E-state index contributed by atoms with van der Waals surface area (Å²) in [5, 5.41) is 34.0. The summed E-state index contributed by atoms with van der Waals surface area (Å²) in [4.78, 5) is 40.2. The number of unbranched alkanes of at least 4 members (excludes halogenated alkanes) is 4. The minimum Gasteiger partial charge on any atom is -0.480 e. The molecule has 0 aromatic heterocycles. The summed E-state index contributed by atoms with van der Waals surface area (Å²) in [6.45, 7) is 20.0. The Hall–Kier alpha value is -1.93. The van der Waals surface area contributed by atoms with Gasteiger partial charge in [0.15, 0.2) is 0 Å². The Morgan fingerprint density at radius 3 is 2.19 bits per heavy atom. The zero-order chi connectivity index (χ0) is 37.9. The number of carboxylic acid groups (broad SMARTS) is 1. The highest BCUT2D eigenvalue weighted by atomic mass is 16.4. The predicted molar refractivity (Wildman–Crippen MR) is 204 cm³/mol. The number of β-amino-alcohol motifs (C(OH)–C–C–N with tert-alkyl or cyclic N) is 1. The van der Waals surface area contributed by atoms with Gasteiger partial charge in [0.05, 0.1) is 17.6 Å². The van der Waals surface area contributed by atoms with E-state index in [1.165, 1.54) is 36.2 Å². The third-order valence-electron chi connectivity index (χ3n) is 17.5. The minimum absolute atomic E-state index is 0.0485. The molecule has 0 spiro atoms. The zero-order valence-electron chi connectivity index (χ0n) is 33.5. The topological polar surface area (TPSA) is 127 Å². The van der Waals surface area contributed by atoms with Crippen LogP contribution in [-0.4, -0.2) is 69.3 Å². The molecule has 5 aliphatic carbocycles. The number of carbonyl (C=O) groups is 3. The van der Waals surface area contributed by atoms with E-state index in [0.29, 0.717) is 61.8 Å². The van der Waals surface area contributed by atoms with E-state index < -0.39 is 18.1 Å². The van der Waals surface area contributed by atoms with Crippen LogP contribution < -0.4 is 5.32 Å². The van der Waals surface area contributed by atoms with Crippen molar-refractivity contribution in [1.29, 1.82) is 0 Å². The number of aliphatic hydroxyl groups is 2. The average Bonchev–Trinajstić information content (AvgIpc) is 3.49. The van der Waals surface area contributed by atoms with Gasteiger partial charge in [0, 0.05) is 19.5 Å². The summed E-state index contributed by atoms with van der Waals surface area (Å²) in [5.74, 6) is 1.56. The van der Waals surface area contributed by atoms with E-state index in [1.807, 2.05) is 0 Å². The van der Waals surface area contributed by atoms with Crippen LogP contribution >= 0.6 is 0 Å². The van der Waals surface area contributed by atoms with Crippen LogP contribution in [0.15, 0.2) is 12.2 Å². The van der Waals surface area contributed by atoms with Gasteiger partial charge in [-0.05, 0) is 148 Å². The molecule has 8 nitrogen and oxygen atoms in total. The molecule has 1 aliphatic heterocycles. The number of allylic oxidation sites excluding steroid dienone is 1. The van der Waals surface area contributed by atoms with Crippen molar-refractivity contribution in [3.63, 3.8) is 0 Å². The molecular formula is C44H72N2O6. The van der Waals surface area contributed by atoms with Gasteiger partial charge in [-0.1, -0.05) is 66.0 Å². The van der Waals surface area contributed by atoms with E-state index in [1.54, 1.807) is 0 Å². The van der Waals surface area contributed by atoms with Gasteiger partial charge >= 0.3 is 5.97 Å². The van der Waals surface area contributed by atoms with Gasteiger partial charge < -0.3 is 25.5 Å². The van der Waals surface area contributed by atoms with Gasteiger partial charge in [-0.25, -0.2) is 4.79 Å². The van der Waals surface area contributed by atoms with E-state index in [4.69, 9.17) is 0 Å². The molecule has 0 aromatic carbocycles. The van der Waals surface area contributed by atoms with Crippen LogP contribution in [-0.2, 0) is 14.4 Å². The number of hydrogen-bond donors (Lipinski definition) is 4. The largest absolute Gasteiger partial charge is 0.480 e. The van der Waals surface area contributed by atoms with Crippen molar-refractivity contribution in [2.45, 2.75) is 175 Å². The number of fused-ring (bicyclic) bond motifs is 7. The van der Waals surface area contributed by atoms with E-state index in [-0.39, 0.29) is 51.5 Å². The first kappa shape index (κ1) is 39.8. The van der Waals surface area contributed by atoms with Crippen molar-refractivity contribution in [2.75, 3.05) is 13.1 Å². The van der Waals surface area contributed by atoms with E-state index in [2.05, 4.69) is 53.4 Å². The lowest BCUT2D eigenvalue weighted by molar-refractivity contribution is -0.246. The molecule has 6 rings (SSSR count). The third kappa shape index (κ3) is 6.39. The molecule has 5 saturated carbocycles. The second-order valence-corrected chi connectivity index (χ2v) is 20.1. The third-order valence-corrected chi connectivity index (χ3v) is 17.5. The minimum atomic E-state index is -0.993. The van der Waals surface area contributed by atoms with Gasteiger partial charge in [0.1, 0.15) is 6.04 Å². The quantitative estimate of drug-likeness (QED) is 0.127. The van der Waals surface area contributed by atoms with Crippen LogP contribution in [0.5, 0.6) is 0 Å². The van der Waals surface area contributed by atoms with Gasteiger partial charge in [-0.3, -0.25) is 9.59 Å². The number of piperidine rings is 1. The molecule has 2 amide bonds. The van der Waals surface area contributed by atoms with Crippen molar-refractivity contribution in [2.24, 2.45) is 56.7 Å². The van der Waals surface area contributed by atoms with Crippen LogP contribution in [0.1, 0.15) is 157 Å². The lowest BCUT2D eigenvalue weighted by atomic mass is 9.32. The van der Waals surface area contributed by atoms with Gasteiger partial charge in [0.2, 0.25) is 11.8 Å². The predicted octanol–water partition coefficient (Wildman–Crippen LogP) is 7.90. The number of hydrogen-bond acceptors (Lipinski definition) is 5. The van der Waals surface area contributed by atoms with Gasteiger partial charge in [-0.15, -0.1) is 0 Å². The van der Waals surface area contributed by atoms with Crippen molar-refractivity contribution < 1.29 is 29.7 Å². The summed E-state index contributed by atoms with van der Waals surface area (Å²) in [6, 6.07) is -0.830. The van der Waals surface area contributed by atoms with Crippen LogP contribution in [0.2, 0.25) is 0 Å². The van der Waals surface area contributed by atoms with Crippen LogP contribution in [0.25, 0.3) is 0 Å². The Bertz CT molecular complexity index is 1380. The maximum Gasteiger partial charge on any atom is 0.326 e. The van der Waals surface area contributed by atoms with Gasteiger partial charge in [-0.2, -0.15) is 0 Å². The maximum absolute atomic E-state index is 14.4. The Labute approximate surface area is 314 Å². The molecule has 1 heterocycles. The lowest BCUT2D eigenvalue weighted by Crippen LogP contribution is -2.67. The number of aliphatic hydroxyl groups excluding tert-OH is 2. The molecule has 0 radical (unpaired) electrons. The number of nitrogens with one attached hydrogen (secondary N) is 1. The molecule has 6 aliphatic rings. The molecule has 4 N–H and O–H groups in total. The van der Waals surface area contributed by atoms with Gasteiger partial charge in [0.25, 0.3) is 0 Å². The number of carbonyl (C=O) groups excluding carboxylic acids is 2. The summed E-state index contributed by atoms with van der Waals surface area (Å²) < 4.78 is 0. The molecule has 12 atom stereocenters.